The van der Waals surface area contributed by atoms with E-state index in [1.54, 1.807) is 0 Å². The van der Waals surface area contributed by atoms with E-state index in [0.717, 1.165) is 55.0 Å². The Morgan fingerprint density at radius 3 is 2.50 bits per heavy atom. The van der Waals surface area contributed by atoms with Gasteiger partial charge in [0.2, 0.25) is 5.88 Å². The van der Waals surface area contributed by atoms with Gasteiger partial charge in [0, 0.05) is 19.5 Å². The molecule has 4 nitrogen and oxygen atoms in total. The van der Waals surface area contributed by atoms with E-state index in [9.17, 15) is 0 Å². The minimum absolute atomic E-state index is 0.294. The lowest BCUT2D eigenvalue weighted by atomic mass is 9.82. The Hall–Kier alpha value is -1.32. The van der Waals surface area contributed by atoms with E-state index >= 15 is 0 Å². The van der Waals surface area contributed by atoms with Gasteiger partial charge in [-0.25, -0.2) is 4.98 Å². The highest BCUT2D eigenvalue weighted by molar-refractivity contribution is 5.37. The summed E-state index contributed by atoms with van der Waals surface area (Å²) in [6, 6.07) is 1.91. The molecule has 2 unspecified atom stereocenters. The van der Waals surface area contributed by atoms with Crippen LogP contribution in [0.15, 0.2) is 6.07 Å². The summed E-state index contributed by atoms with van der Waals surface area (Å²) in [7, 11) is 1.88. The third-order valence-corrected chi connectivity index (χ3v) is 3.90. The van der Waals surface area contributed by atoms with Gasteiger partial charge in [-0.05, 0) is 37.5 Å². The molecule has 0 radical (unpaired) electrons. The van der Waals surface area contributed by atoms with Crippen molar-refractivity contribution in [3.8, 4) is 5.88 Å². The zero-order valence-corrected chi connectivity index (χ0v) is 13.1. The molecule has 1 aromatic rings. The maximum atomic E-state index is 6.13. The summed E-state index contributed by atoms with van der Waals surface area (Å²) >= 11 is 0. The Kier molecular flexibility index (Phi) is 5.21. The second-order valence-corrected chi connectivity index (χ2v) is 6.16. The summed E-state index contributed by atoms with van der Waals surface area (Å²) in [6.07, 6.45) is 5.81. The molecule has 0 saturated heterocycles. The van der Waals surface area contributed by atoms with Crippen LogP contribution in [0.2, 0.25) is 0 Å². The van der Waals surface area contributed by atoms with Crippen LogP contribution in [-0.2, 0) is 6.42 Å². The number of anilines is 1. The second kappa shape index (κ2) is 6.91. The van der Waals surface area contributed by atoms with Crippen molar-refractivity contribution in [2.75, 3.05) is 12.4 Å². The van der Waals surface area contributed by atoms with Crippen molar-refractivity contribution in [1.29, 1.82) is 0 Å². The maximum Gasteiger partial charge on any atom is 0.218 e. The molecule has 1 saturated carbocycles. The molecule has 20 heavy (non-hydrogen) atoms. The quantitative estimate of drug-likeness (QED) is 0.892. The molecule has 4 heteroatoms. The summed E-state index contributed by atoms with van der Waals surface area (Å²) in [4.78, 5) is 9.00. The average Bonchev–Trinajstić information content (AvgIpc) is 2.37. The van der Waals surface area contributed by atoms with E-state index in [2.05, 4.69) is 36.1 Å². The molecule has 0 spiro atoms. The molecule has 1 aliphatic rings. The zero-order chi connectivity index (χ0) is 14.5. The molecule has 112 valence electrons. The molecule has 2 rings (SSSR count). The van der Waals surface area contributed by atoms with Crippen molar-refractivity contribution < 1.29 is 4.74 Å². The first kappa shape index (κ1) is 15.1. The number of hydrogen-bond acceptors (Lipinski definition) is 4. The second-order valence-electron chi connectivity index (χ2n) is 6.16. The zero-order valence-electron chi connectivity index (χ0n) is 13.1. The Morgan fingerprint density at radius 1 is 1.20 bits per heavy atom. The number of ether oxygens (including phenoxy) is 1. The lowest BCUT2D eigenvalue weighted by Crippen LogP contribution is -2.29. The third-order valence-electron chi connectivity index (χ3n) is 3.90. The Morgan fingerprint density at radius 2 is 1.90 bits per heavy atom. The van der Waals surface area contributed by atoms with Crippen LogP contribution in [0.5, 0.6) is 5.88 Å². The number of hydrogen-bond donors (Lipinski definition) is 1. The fraction of sp³-hybridized carbons (Fsp3) is 0.750. The van der Waals surface area contributed by atoms with Crippen molar-refractivity contribution in [2.45, 2.75) is 59.0 Å². The van der Waals surface area contributed by atoms with Crippen LogP contribution >= 0.6 is 0 Å². The fourth-order valence-electron chi connectivity index (χ4n) is 3.14. The molecule has 1 heterocycles. The smallest absolute Gasteiger partial charge is 0.218 e. The van der Waals surface area contributed by atoms with Gasteiger partial charge in [-0.2, -0.15) is 4.98 Å². The van der Waals surface area contributed by atoms with Crippen molar-refractivity contribution in [2.24, 2.45) is 11.8 Å². The summed E-state index contributed by atoms with van der Waals surface area (Å²) in [5, 5.41) is 3.09. The van der Waals surface area contributed by atoms with Gasteiger partial charge in [0.05, 0.1) is 0 Å². The van der Waals surface area contributed by atoms with Crippen molar-refractivity contribution >= 4 is 5.82 Å². The molecule has 1 aliphatic carbocycles. The fourth-order valence-corrected chi connectivity index (χ4v) is 3.14. The molecular formula is C16H27N3O. The van der Waals surface area contributed by atoms with Gasteiger partial charge in [-0.15, -0.1) is 0 Å². The summed E-state index contributed by atoms with van der Waals surface area (Å²) in [5.41, 5.74) is 0. The Labute approximate surface area is 122 Å². The third kappa shape index (κ3) is 4.09. The minimum Gasteiger partial charge on any atom is -0.474 e. The number of aryl methyl sites for hydroxylation is 1. The molecule has 0 bridgehead atoms. The predicted molar refractivity (Wildman–Crippen MR) is 82.2 cm³/mol. The number of aromatic nitrogens is 2. The first-order valence-corrected chi connectivity index (χ1v) is 7.83. The molecule has 1 aromatic heterocycles. The standard InChI is InChI=1S/C16H27N3O/c1-5-6-14-18-15(17-4)10-16(19-14)20-13-8-11(2)7-12(3)9-13/h10-13H,5-9H2,1-4H3,(H,17,18,19). The van der Waals surface area contributed by atoms with Crippen LogP contribution in [0.25, 0.3) is 0 Å². The van der Waals surface area contributed by atoms with Crippen LogP contribution in [0.3, 0.4) is 0 Å². The van der Waals surface area contributed by atoms with Gasteiger partial charge < -0.3 is 10.1 Å². The van der Waals surface area contributed by atoms with E-state index in [4.69, 9.17) is 4.74 Å². The molecule has 0 aliphatic heterocycles. The van der Waals surface area contributed by atoms with Gasteiger partial charge in [0.1, 0.15) is 17.7 Å². The van der Waals surface area contributed by atoms with Crippen molar-refractivity contribution in [3.63, 3.8) is 0 Å². The number of nitrogens with zero attached hydrogens (tertiary/aromatic N) is 2. The lowest BCUT2D eigenvalue weighted by molar-refractivity contribution is 0.0964. The van der Waals surface area contributed by atoms with Gasteiger partial charge in [0.15, 0.2) is 0 Å². The first-order valence-electron chi connectivity index (χ1n) is 7.83. The van der Waals surface area contributed by atoms with Crippen molar-refractivity contribution in [3.05, 3.63) is 11.9 Å². The minimum atomic E-state index is 0.294. The predicted octanol–water partition coefficient (Wildman–Crippen LogP) is 3.67. The van der Waals surface area contributed by atoms with Crippen molar-refractivity contribution in [1.82, 2.24) is 9.97 Å². The SMILES string of the molecule is CCCc1nc(NC)cc(OC2CC(C)CC(C)C2)n1. The monoisotopic (exact) mass is 277 g/mol. The molecule has 2 atom stereocenters. The summed E-state index contributed by atoms with van der Waals surface area (Å²) in [6.45, 7) is 6.77. The lowest BCUT2D eigenvalue weighted by Gasteiger charge is -2.31. The normalized spacial score (nSPS) is 26.3. The van der Waals surface area contributed by atoms with Gasteiger partial charge >= 0.3 is 0 Å². The molecule has 0 aromatic carbocycles. The van der Waals surface area contributed by atoms with Crippen LogP contribution in [-0.4, -0.2) is 23.1 Å². The average molecular weight is 277 g/mol. The first-order chi connectivity index (χ1) is 9.60. The van der Waals surface area contributed by atoms with E-state index in [1.807, 2.05) is 13.1 Å². The van der Waals surface area contributed by atoms with E-state index in [1.165, 1.54) is 6.42 Å². The molecule has 1 fully saturated rings. The van der Waals surface area contributed by atoms with E-state index in [0.29, 0.717) is 6.10 Å². The topological polar surface area (TPSA) is 47.0 Å². The van der Waals surface area contributed by atoms with Crippen LogP contribution in [0, 0.1) is 11.8 Å². The van der Waals surface area contributed by atoms with E-state index < -0.39 is 0 Å². The van der Waals surface area contributed by atoms with Crippen LogP contribution < -0.4 is 10.1 Å². The summed E-state index contributed by atoms with van der Waals surface area (Å²) in [5.74, 6) is 3.91. The molecular weight excluding hydrogens is 250 g/mol. The maximum absolute atomic E-state index is 6.13. The number of rotatable bonds is 5. The Bertz CT molecular complexity index is 426. The molecule has 1 N–H and O–H groups in total. The highest BCUT2D eigenvalue weighted by Gasteiger charge is 2.25. The Balaban J connectivity index is 2.09. The highest BCUT2D eigenvalue weighted by Crippen LogP contribution is 2.31. The van der Waals surface area contributed by atoms with Crippen LogP contribution in [0.1, 0.15) is 52.3 Å². The molecule has 0 amide bonds. The van der Waals surface area contributed by atoms with Gasteiger partial charge in [-0.1, -0.05) is 20.8 Å². The van der Waals surface area contributed by atoms with E-state index in [-0.39, 0.29) is 0 Å². The van der Waals surface area contributed by atoms with Gasteiger partial charge in [0.25, 0.3) is 0 Å². The van der Waals surface area contributed by atoms with Crippen LogP contribution in [0.4, 0.5) is 5.82 Å². The highest BCUT2D eigenvalue weighted by atomic mass is 16.5. The summed E-state index contributed by atoms with van der Waals surface area (Å²) < 4.78 is 6.13. The van der Waals surface area contributed by atoms with Gasteiger partial charge in [-0.3, -0.25) is 0 Å². The number of nitrogens with one attached hydrogen (secondary N) is 1. The largest absolute Gasteiger partial charge is 0.474 e.